The molecule has 2 amide bonds. The topological polar surface area (TPSA) is 55.8 Å². The van der Waals surface area contributed by atoms with Crippen LogP contribution in [0, 0.1) is 0 Å². The molecule has 0 saturated carbocycles. The van der Waals surface area contributed by atoms with Crippen molar-refractivity contribution in [2.45, 2.75) is 45.2 Å². The van der Waals surface area contributed by atoms with Crippen molar-refractivity contribution in [3.8, 4) is 0 Å². The van der Waals surface area contributed by atoms with Gasteiger partial charge in [0, 0.05) is 25.2 Å². The van der Waals surface area contributed by atoms with Crippen molar-refractivity contribution < 1.29 is 9.90 Å². The Kier molecular flexibility index (Phi) is 7.06. The number of rotatable bonds is 7. The summed E-state index contributed by atoms with van der Waals surface area (Å²) in [5, 5.41) is 12.3. The van der Waals surface area contributed by atoms with Gasteiger partial charge in [-0.3, -0.25) is 4.90 Å². The summed E-state index contributed by atoms with van der Waals surface area (Å²) in [4.78, 5) is 16.7. The number of carbonyl (C=O) groups is 1. The van der Waals surface area contributed by atoms with Crippen molar-refractivity contribution in [3.63, 3.8) is 0 Å². The Morgan fingerprint density at radius 3 is 2.50 bits per heavy atom. The number of piperidine rings is 1. The molecule has 1 aromatic rings. The zero-order chi connectivity index (χ0) is 17.4. The molecule has 134 valence electrons. The fraction of sp³-hybridized carbons (Fsp3) is 0.632. The normalized spacial score (nSPS) is 16.0. The number of urea groups is 1. The average molecular weight is 333 g/mol. The zero-order valence-electron chi connectivity index (χ0n) is 15.0. The van der Waals surface area contributed by atoms with E-state index < -0.39 is 0 Å². The van der Waals surface area contributed by atoms with E-state index in [-0.39, 0.29) is 18.2 Å². The molecule has 1 aliphatic heterocycles. The van der Waals surface area contributed by atoms with E-state index in [1.165, 1.54) is 19.3 Å². The van der Waals surface area contributed by atoms with E-state index in [1.807, 2.05) is 30.3 Å². The molecule has 2 N–H and O–H groups in total. The molecule has 0 atom stereocenters. The Labute approximate surface area is 145 Å². The second-order valence-electron chi connectivity index (χ2n) is 7.15. The number of amides is 2. The largest absolute Gasteiger partial charge is 0.395 e. The number of hydrogen-bond acceptors (Lipinski definition) is 3. The van der Waals surface area contributed by atoms with Crippen molar-refractivity contribution >= 4 is 6.03 Å². The van der Waals surface area contributed by atoms with Gasteiger partial charge in [-0.15, -0.1) is 0 Å². The van der Waals surface area contributed by atoms with Crippen molar-refractivity contribution in [1.29, 1.82) is 0 Å². The SMILES string of the molecule is CC(C)(CNC(=O)N(CCO)Cc1ccccc1)N1CCCCC1. The van der Waals surface area contributed by atoms with Gasteiger partial charge in [0.05, 0.1) is 6.61 Å². The lowest BCUT2D eigenvalue weighted by Crippen LogP contribution is -2.55. The fourth-order valence-corrected chi connectivity index (χ4v) is 3.19. The Balaban J connectivity index is 1.89. The molecule has 0 radical (unpaired) electrons. The highest BCUT2D eigenvalue weighted by molar-refractivity contribution is 5.74. The van der Waals surface area contributed by atoms with Crippen LogP contribution in [0.4, 0.5) is 4.79 Å². The van der Waals surface area contributed by atoms with Gasteiger partial charge in [0.25, 0.3) is 0 Å². The molecular weight excluding hydrogens is 302 g/mol. The number of nitrogens with one attached hydrogen (secondary N) is 1. The number of nitrogens with zero attached hydrogens (tertiary/aromatic N) is 2. The first-order chi connectivity index (χ1) is 11.5. The van der Waals surface area contributed by atoms with Crippen LogP contribution in [0.25, 0.3) is 0 Å². The maximum Gasteiger partial charge on any atom is 0.317 e. The van der Waals surface area contributed by atoms with Gasteiger partial charge in [-0.05, 0) is 45.3 Å². The first-order valence-corrected chi connectivity index (χ1v) is 8.95. The molecule has 5 nitrogen and oxygen atoms in total. The van der Waals surface area contributed by atoms with Gasteiger partial charge in [-0.1, -0.05) is 36.8 Å². The minimum absolute atomic E-state index is 0.0320. The number of hydrogen-bond donors (Lipinski definition) is 2. The van der Waals surface area contributed by atoms with Gasteiger partial charge in [0.1, 0.15) is 0 Å². The van der Waals surface area contributed by atoms with E-state index in [4.69, 9.17) is 0 Å². The quantitative estimate of drug-likeness (QED) is 0.806. The number of likely N-dealkylation sites (tertiary alicyclic amines) is 1. The molecule has 24 heavy (non-hydrogen) atoms. The smallest absolute Gasteiger partial charge is 0.317 e. The summed E-state index contributed by atoms with van der Waals surface area (Å²) in [6, 6.07) is 9.76. The third-order valence-corrected chi connectivity index (χ3v) is 4.76. The highest BCUT2D eigenvalue weighted by Crippen LogP contribution is 2.20. The van der Waals surface area contributed by atoms with Crippen LogP contribution in [-0.4, -0.2) is 59.3 Å². The monoisotopic (exact) mass is 333 g/mol. The molecule has 1 aliphatic rings. The highest BCUT2D eigenvalue weighted by atomic mass is 16.3. The van der Waals surface area contributed by atoms with Crippen molar-refractivity contribution in [1.82, 2.24) is 15.1 Å². The molecule has 1 fully saturated rings. The van der Waals surface area contributed by atoms with Crippen LogP contribution in [0.5, 0.6) is 0 Å². The molecule has 1 heterocycles. The maximum atomic E-state index is 12.6. The molecular formula is C19H31N3O2. The van der Waals surface area contributed by atoms with Crippen LogP contribution >= 0.6 is 0 Å². The summed E-state index contributed by atoms with van der Waals surface area (Å²) in [6.07, 6.45) is 3.78. The van der Waals surface area contributed by atoms with E-state index >= 15 is 0 Å². The summed E-state index contributed by atoms with van der Waals surface area (Å²) in [5.41, 5.74) is 1.02. The lowest BCUT2D eigenvalue weighted by molar-refractivity contribution is 0.0930. The Morgan fingerprint density at radius 1 is 1.21 bits per heavy atom. The van der Waals surface area contributed by atoms with E-state index in [0.717, 1.165) is 18.7 Å². The van der Waals surface area contributed by atoms with E-state index in [9.17, 15) is 9.90 Å². The van der Waals surface area contributed by atoms with Gasteiger partial charge >= 0.3 is 6.03 Å². The second-order valence-corrected chi connectivity index (χ2v) is 7.15. The first kappa shape index (κ1) is 18.7. The van der Waals surface area contributed by atoms with Crippen molar-refractivity contribution in [3.05, 3.63) is 35.9 Å². The summed E-state index contributed by atoms with van der Waals surface area (Å²) in [6.45, 7) is 8.01. The van der Waals surface area contributed by atoms with E-state index in [2.05, 4.69) is 24.1 Å². The van der Waals surface area contributed by atoms with Gasteiger partial charge in [-0.25, -0.2) is 4.79 Å². The molecule has 1 saturated heterocycles. The molecule has 0 bridgehead atoms. The highest BCUT2D eigenvalue weighted by Gasteiger charge is 2.28. The fourth-order valence-electron chi connectivity index (χ4n) is 3.19. The van der Waals surface area contributed by atoms with Crippen LogP contribution in [0.15, 0.2) is 30.3 Å². The van der Waals surface area contributed by atoms with Gasteiger partial charge in [-0.2, -0.15) is 0 Å². The maximum absolute atomic E-state index is 12.6. The van der Waals surface area contributed by atoms with Crippen molar-refractivity contribution in [2.75, 3.05) is 32.8 Å². The molecule has 0 spiro atoms. The predicted octanol–water partition coefficient (Wildman–Crippen LogP) is 2.46. The molecule has 2 rings (SSSR count). The minimum atomic E-state index is -0.113. The number of carbonyl (C=O) groups excluding carboxylic acids is 1. The first-order valence-electron chi connectivity index (χ1n) is 8.95. The summed E-state index contributed by atoms with van der Waals surface area (Å²) in [7, 11) is 0. The van der Waals surface area contributed by atoms with Gasteiger partial charge < -0.3 is 15.3 Å². The third kappa shape index (κ3) is 5.49. The average Bonchev–Trinajstić information content (AvgIpc) is 2.61. The predicted molar refractivity (Wildman–Crippen MR) is 96.8 cm³/mol. The van der Waals surface area contributed by atoms with E-state index in [0.29, 0.717) is 19.6 Å². The van der Waals surface area contributed by atoms with Crippen molar-refractivity contribution in [2.24, 2.45) is 0 Å². The summed E-state index contributed by atoms with van der Waals surface area (Å²) >= 11 is 0. The van der Waals surface area contributed by atoms with Gasteiger partial charge in [0.15, 0.2) is 0 Å². The zero-order valence-corrected chi connectivity index (χ0v) is 15.0. The lowest BCUT2D eigenvalue weighted by atomic mass is 9.98. The standard InChI is InChI=1S/C19H31N3O2/c1-19(2,22-11-7-4-8-12-22)16-20-18(24)21(13-14-23)15-17-9-5-3-6-10-17/h3,5-6,9-10,23H,4,7-8,11-16H2,1-2H3,(H,20,24). The molecule has 5 heteroatoms. The number of aliphatic hydroxyl groups excluding tert-OH is 1. The van der Waals surface area contributed by atoms with Gasteiger partial charge in [0.2, 0.25) is 0 Å². The number of aliphatic hydroxyl groups is 1. The second kappa shape index (κ2) is 9.04. The van der Waals surface area contributed by atoms with Crippen LogP contribution in [0.3, 0.4) is 0 Å². The summed E-state index contributed by atoms with van der Waals surface area (Å²) in [5.74, 6) is 0. The Bertz CT molecular complexity index is 499. The van der Waals surface area contributed by atoms with Crippen LogP contribution in [0.1, 0.15) is 38.7 Å². The molecule has 0 aromatic heterocycles. The molecule has 0 unspecified atom stereocenters. The molecule has 1 aromatic carbocycles. The molecule has 0 aliphatic carbocycles. The number of benzene rings is 1. The minimum Gasteiger partial charge on any atom is -0.395 e. The third-order valence-electron chi connectivity index (χ3n) is 4.76. The Hall–Kier alpha value is -1.59. The van der Waals surface area contributed by atoms with Crippen LogP contribution in [-0.2, 0) is 6.54 Å². The van der Waals surface area contributed by atoms with Crippen LogP contribution in [0.2, 0.25) is 0 Å². The summed E-state index contributed by atoms with van der Waals surface area (Å²) < 4.78 is 0. The van der Waals surface area contributed by atoms with E-state index in [1.54, 1.807) is 4.90 Å². The van der Waals surface area contributed by atoms with Crippen LogP contribution < -0.4 is 5.32 Å². The lowest BCUT2D eigenvalue weighted by Gasteiger charge is -2.41. The Morgan fingerprint density at radius 2 is 1.88 bits per heavy atom.